The van der Waals surface area contributed by atoms with Gasteiger partial charge in [-0.2, -0.15) is 0 Å². The summed E-state index contributed by atoms with van der Waals surface area (Å²) < 4.78 is 11.7. The van der Waals surface area contributed by atoms with Crippen LogP contribution in [0.1, 0.15) is 20.3 Å². The lowest BCUT2D eigenvalue weighted by Gasteiger charge is -2.23. The third-order valence-corrected chi connectivity index (χ3v) is 3.86. The van der Waals surface area contributed by atoms with Crippen molar-refractivity contribution >= 4 is 11.6 Å². The zero-order chi connectivity index (χ0) is 19.1. The molecule has 27 heavy (non-hydrogen) atoms. The lowest BCUT2D eigenvalue weighted by atomic mass is 10.2. The monoisotopic (exact) mass is 364 g/mol. The van der Waals surface area contributed by atoms with Gasteiger partial charge in [0.1, 0.15) is 23.6 Å². The second-order valence-electron chi connectivity index (χ2n) is 6.04. The molecule has 0 saturated carbocycles. The first kappa shape index (κ1) is 18.7. The molecule has 0 aliphatic carbocycles. The van der Waals surface area contributed by atoms with Crippen molar-refractivity contribution in [1.29, 1.82) is 0 Å². The second-order valence-corrected chi connectivity index (χ2v) is 6.04. The molecule has 2 atom stereocenters. The van der Waals surface area contributed by atoms with Crippen molar-refractivity contribution < 1.29 is 9.47 Å². The molecule has 3 rings (SSSR count). The summed E-state index contributed by atoms with van der Waals surface area (Å²) in [6.07, 6.45) is 0.0341. The molecule has 2 aromatic carbocycles. The average Bonchev–Trinajstić information content (AvgIpc) is 2.68. The molecule has 0 spiro atoms. The second kappa shape index (κ2) is 9.00. The Morgan fingerprint density at radius 3 is 2.33 bits per heavy atom. The molecule has 0 aliphatic heterocycles. The molecule has 0 radical (unpaired) electrons. The maximum atomic E-state index is 5.96. The highest BCUT2D eigenvalue weighted by Crippen LogP contribution is 2.20. The summed E-state index contributed by atoms with van der Waals surface area (Å²) in [5.41, 5.74) is 6.87. The molecule has 1 aromatic heterocycles. The van der Waals surface area contributed by atoms with Crippen LogP contribution in [-0.4, -0.2) is 22.5 Å². The van der Waals surface area contributed by atoms with Gasteiger partial charge < -0.3 is 20.5 Å². The van der Waals surface area contributed by atoms with Gasteiger partial charge in [0, 0.05) is 11.6 Å². The normalized spacial score (nSPS) is 13.0. The summed E-state index contributed by atoms with van der Waals surface area (Å²) in [6.45, 7) is 3.89. The van der Waals surface area contributed by atoms with Gasteiger partial charge in [-0.1, -0.05) is 55.5 Å². The highest BCUT2D eigenvalue weighted by molar-refractivity contribution is 5.60. The highest BCUT2D eigenvalue weighted by Gasteiger charge is 2.14. The minimum Gasteiger partial charge on any atom is -0.465 e. The molecule has 3 aromatic rings. The van der Waals surface area contributed by atoms with E-state index in [9.17, 15) is 0 Å². The molecule has 140 valence electrons. The molecule has 2 unspecified atom stereocenters. The van der Waals surface area contributed by atoms with Gasteiger partial charge in [-0.3, -0.25) is 0 Å². The van der Waals surface area contributed by atoms with E-state index in [2.05, 4.69) is 15.3 Å². The van der Waals surface area contributed by atoms with Crippen LogP contribution >= 0.6 is 0 Å². The maximum absolute atomic E-state index is 5.96. The molecule has 6 nitrogen and oxygen atoms in total. The number of nitrogens with two attached hydrogens (primary N) is 1. The van der Waals surface area contributed by atoms with Crippen molar-refractivity contribution in [2.24, 2.45) is 0 Å². The molecular weight excluding hydrogens is 340 g/mol. The molecule has 0 bridgehead atoms. The predicted octanol–water partition coefficient (Wildman–Crippen LogP) is 4.32. The highest BCUT2D eigenvalue weighted by atomic mass is 16.7. The van der Waals surface area contributed by atoms with Gasteiger partial charge in [-0.15, -0.1) is 0 Å². The van der Waals surface area contributed by atoms with Crippen LogP contribution in [0.4, 0.5) is 11.6 Å². The third kappa shape index (κ3) is 5.43. The molecule has 3 N–H and O–H groups in total. The lowest BCUT2D eigenvalue weighted by Crippen LogP contribution is -2.30. The number of benzene rings is 2. The van der Waals surface area contributed by atoms with Crippen LogP contribution in [0, 0.1) is 0 Å². The van der Waals surface area contributed by atoms with Crippen molar-refractivity contribution in [3.8, 4) is 17.1 Å². The fourth-order valence-corrected chi connectivity index (χ4v) is 2.60. The Balaban J connectivity index is 1.68. The number of rotatable bonds is 8. The number of nitrogens with one attached hydrogen (secondary N) is 1. The Hall–Kier alpha value is -3.12. The minimum atomic E-state index is -0.419. The van der Waals surface area contributed by atoms with Crippen LogP contribution in [0.5, 0.6) is 5.75 Å². The van der Waals surface area contributed by atoms with E-state index in [1.54, 1.807) is 6.07 Å². The van der Waals surface area contributed by atoms with Gasteiger partial charge in [-0.25, -0.2) is 9.97 Å². The van der Waals surface area contributed by atoms with Crippen LogP contribution in [0.2, 0.25) is 0 Å². The summed E-state index contributed by atoms with van der Waals surface area (Å²) in [6, 6.07) is 21.0. The summed E-state index contributed by atoms with van der Waals surface area (Å²) >= 11 is 0. The quantitative estimate of drug-likeness (QED) is 0.580. The number of anilines is 2. The Labute approximate surface area is 159 Å². The number of ether oxygens (including phenoxy) is 2. The van der Waals surface area contributed by atoms with E-state index in [0.717, 1.165) is 17.7 Å². The van der Waals surface area contributed by atoms with Gasteiger partial charge in [0.2, 0.25) is 0 Å². The summed E-state index contributed by atoms with van der Waals surface area (Å²) in [5, 5.41) is 3.26. The van der Waals surface area contributed by atoms with E-state index in [1.807, 2.05) is 74.5 Å². The first-order valence-corrected chi connectivity index (χ1v) is 8.97. The standard InChI is InChI=1S/C21H24N4O2/c1-3-20(27-15(2)26-17-12-8-5-9-13-17)24-19-14-18(22)23-21(25-19)16-10-6-4-7-11-16/h4-15,20H,3H2,1-2H3,(H3,22,23,24,25). The zero-order valence-electron chi connectivity index (χ0n) is 15.5. The van der Waals surface area contributed by atoms with Crippen molar-refractivity contribution in [2.75, 3.05) is 11.1 Å². The molecule has 0 saturated heterocycles. The fraction of sp³-hybridized carbons (Fsp3) is 0.238. The molecule has 0 amide bonds. The first-order chi connectivity index (χ1) is 13.1. The predicted molar refractivity (Wildman–Crippen MR) is 107 cm³/mol. The number of nitrogens with zero attached hydrogens (tertiary/aromatic N) is 2. The fourth-order valence-electron chi connectivity index (χ4n) is 2.60. The van der Waals surface area contributed by atoms with E-state index in [-0.39, 0.29) is 6.23 Å². The van der Waals surface area contributed by atoms with Crippen molar-refractivity contribution in [1.82, 2.24) is 9.97 Å². The minimum absolute atomic E-state index is 0.276. The van der Waals surface area contributed by atoms with E-state index in [1.165, 1.54) is 0 Å². The Kier molecular flexibility index (Phi) is 6.22. The SMILES string of the molecule is CCC(Nc1cc(N)nc(-c2ccccc2)n1)OC(C)Oc1ccccc1. The molecule has 0 fully saturated rings. The Morgan fingerprint density at radius 1 is 1.00 bits per heavy atom. The van der Waals surface area contributed by atoms with Crippen molar-refractivity contribution in [3.63, 3.8) is 0 Å². The third-order valence-electron chi connectivity index (χ3n) is 3.86. The van der Waals surface area contributed by atoms with Gasteiger partial charge in [0.25, 0.3) is 0 Å². The summed E-state index contributed by atoms with van der Waals surface area (Å²) in [7, 11) is 0. The largest absolute Gasteiger partial charge is 0.465 e. The smallest absolute Gasteiger partial charge is 0.199 e. The molecular formula is C21H24N4O2. The summed E-state index contributed by atoms with van der Waals surface area (Å²) in [5.74, 6) is 2.34. The molecule has 6 heteroatoms. The first-order valence-electron chi connectivity index (χ1n) is 8.97. The average molecular weight is 364 g/mol. The van der Waals surface area contributed by atoms with Crippen LogP contribution in [-0.2, 0) is 4.74 Å². The molecule has 1 heterocycles. The Bertz CT molecular complexity index is 843. The Morgan fingerprint density at radius 2 is 1.67 bits per heavy atom. The van der Waals surface area contributed by atoms with Crippen LogP contribution in [0.15, 0.2) is 66.7 Å². The number of hydrogen-bond acceptors (Lipinski definition) is 6. The van der Waals surface area contributed by atoms with E-state index in [4.69, 9.17) is 15.2 Å². The van der Waals surface area contributed by atoms with Gasteiger partial charge >= 0.3 is 0 Å². The van der Waals surface area contributed by atoms with E-state index in [0.29, 0.717) is 17.5 Å². The van der Waals surface area contributed by atoms with E-state index < -0.39 is 6.29 Å². The van der Waals surface area contributed by atoms with Gasteiger partial charge in [-0.05, 0) is 25.5 Å². The molecule has 0 aliphatic rings. The lowest BCUT2D eigenvalue weighted by molar-refractivity contribution is -0.0987. The van der Waals surface area contributed by atoms with Crippen LogP contribution in [0.3, 0.4) is 0 Å². The number of nitrogen functional groups attached to an aromatic ring is 1. The maximum Gasteiger partial charge on any atom is 0.199 e. The number of para-hydroxylation sites is 1. The topological polar surface area (TPSA) is 82.3 Å². The van der Waals surface area contributed by atoms with Crippen molar-refractivity contribution in [2.45, 2.75) is 32.8 Å². The van der Waals surface area contributed by atoms with Gasteiger partial charge in [0.05, 0.1) is 0 Å². The number of aromatic nitrogens is 2. The van der Waals surface area contributed by atoms with Crippen LogP contribution < -0.4 is 15.8 Å². The van der Waals surface area contributed by atoms with E-state index >= 15 is 0 Å². The number of hydrogen-bond donors (Lipinski definition) is 2. The summed E-state index contributed by atoms with van der Waals surface area (Å²) in [4.78, 5) is 8.87. The van der Waals surface area contributed by atoms with Crippen molar-refractivity contribution in [3.05, 3.63) is 66.7 Å². The zero-order valence-corrected chi connectivity index (χ0v) is 15.5. The van der Waals surface area contributed by atoms with Gasteiger partial charge in [0.15, 0.2) is 12.1 Å². The van der Waals surface area contributed by atoms with Crippen LogP contribution in [0.25, 0.3) is 11.4 Å².